The standard InChI is InChI=1S/C22H22N2O6/c1-3-4-11-29-18-10-9-15(13-19(18)28-2)20(25)23-24-21(26)16-12-14-7-5-6-8-17(14)30-22(16)27/h5-10,12-13H,3-4,11H2,1-2H3,(H,23,25)(H,24,26). The van der Waals surface area contributed by atoms with Gasteiger partial charge in [-0.2, -0.15) is 0 Å². The fraction of sp³-hybridized carbons (Fsp3) is 0.227. The van der Waals surface area contributed by atoms with E-state index in [0.29, 0.717) is 29.1 Å². The molecular formula is C22H22N2O6. The molecule has 0 bridgehead atoms. The smallest absolute Gasteiger partial charge is 0.349 e. The minimum Gasteiger partial charge on any atom is -0.493 e. The maximum Gasteiger partial charge on any atom is 0.349 e. The third-order valence-corrected chi connectivity index (χ3v) is 4.36. The molecule has 0 saturated carbocycles. The average Bonchev–Trinajstić information content (AvgIpc) is 2.77. The number of fused-ring (bicyclic) bond motifs is 1. The van der Waals surface area contributed by atoms with Gasteiger partial charge in [0.2, 0.25) is 0 Å². The molecule has 2 N–H and O–H groups in total. The van der Waals surface area contributed by atoms with Crippen LogP contribution in [0.3, 0.4) is 0 Å². The number of nitrogens with one attached hydrogen (secondary N) is 2. The highest BCUT2D eigenvalue weighted by molar-refractivity contribution is 6.00. The Morgan fingerprint density at radius 2 is 1.77 bits per heavy atom. The van der Waals surface area contributed by atoms with Gasteiger partial charge in [-0.3, -0.25) is 20.4 Å². The third-order valence-electron chi connectivity index (χ3n) is 4.36. The number of hydrazine groups is 1. The van der Waals surface area contributed by atoms with E-state index in [9.17, 15) is 14.4 Å². The zero-order chi connectivity index (χ0) is 21.5. The van der Waals surface area contributed by atoms with E-state index in [4.69, 9.17) is 13.9 Å². The van der Waals surface area contributed by atoms with Crippen LogP contribution in [0.4, 0.5) is 0 Å². The molecule has 0 fully saturated rings. The van der Waals surface area contributed by atoms with Crippen molar-refractivity contribution in [2.45, 2.75) is 19.8 Å². The van der Waals surface area contributed by atoms with Crippen LogP contribution in [0.2, 0.25) is 0 Å². The Bertz CT molecular complexity index is 1120. The van der Waals surface area contributed by atoms with Gasteiger partial charge in [0.05, 0.1) is 13.7 Å². The molecule has 0 aliphatic carbocycles. The van der Waals surface area contributed by atoms with Gasteiger partial charge in [-0.25, -0.2) is 4.79 Å². The van der Waals surface area contributed by atoms with Crippen LogP contribution in [0.5, 0.6) is 11.5 Å². The van der Waals surface area contributed by atoms with E-state index >= 15 is 0 Å². The van der Waals surface area contributed by atoms with E-state index in [1.54, 1.807) is 36.4 Å². The van der Waals surface area contributed by atoms with E-state index < -0.39 is 17.4 Å². The molecule has 3 aromatic rings. The number of rotatable bonds is 7. The van der Waals surface area contributed by atoms with Crippen molar-refractivity contribution in [1.82, 2.24) is 10.9 Å². The van der Waals surface area contributed by atoms with Crippen LogP contribution in [-0.4, -0.2) is 25.5 Å². The first-order valence-corrected chi connectivity index (χ1v) is 9.48. The SMILES string of the molecule is CCCCOc1ccc(C(=O)NNC(=O)c2cc3ccccc3oc2=O)cc1OC. The van der Waals surface area contributed by atoms with Crippen LogP contribution >= 0.6 is 0 Å². The quantitative estimate of drug-likeness (QED) is 0.352. The topological polar surface area (TPSA) is 107 Å². The van der Waals surface area contributed by atoms with E-state index in [1.165, 1.54) is 19.2 Å². The van der Waals surface area contributed by atoms with Gasteiger partial charge in [-0.05, 0) is 36.8 Å². The van der Waals surface area contributed by atoms with Crippen LogP contribution in [0.1, 0.15) is 40.5 Å². The fourth-order valence-electron chi connectivity index (χ4n) is 2.73. The Morgan fingerprint density at radius 1 is 1.00 bits per heavy atom. The first-order valence-electron chi connectivity index (χ1n) is 9.48. The molecule has 0 spiro atoms. The molecule has 8 heteroatoms. The summed E-state index contributed by atoms with van der Waals surface area (Å²) in [6, 6.07) is 12.9. The predicted octanol–water partition coefficient (Wildman–Crippen LogP) is 3.06. The number of hydrogen-bond acceptors (Lipinski definition) is 6. The van der Waals surface area contributed by atoms with Crippen LogP contribution in [0, 0.1) is 0 Å². The molecule has 0 unspecified atom stereocenters. The number of unbranched alkanes of at least 4 members (excludes halogenated alkanes) is 1. The number of ether oxygens (including phenoxy) is 2. The van der Waals surface area contributed by atoms with E-state index in [2.05, 4.69) is 17.8 Å². The zero-order valence-electron chi connectivity index (χ0n) is 16.7. The number of carbonyl (C=O) groups excluding carboxylic acids is 2. The second kappa shape index (κ2) is 9.60. The lowest BCUT2D eigenvalue weighted by Crippen LogP contribution is -2.43. The van der Waals surface area contributed by atoms with Crippen molar-refractivity contribution in [2.24, 2.45) is 0 Å². The molecular weight excluding hydrogens is 388 g/mol. The summed E-state index contributed by atoms with van der Waals surface area (Å²) in [5.41, 5.74) is 4.12. The van der Waals surface area contributed by atoms with Crippen molar-refractivity contribution in [2.75, 3.05) is 13.7 Å². The molecule has 1 heterocycles. The third kappa shape index (κ3) is 4.78. The highest BCUT2D eigenvalue weighted by atomic mass is 16.5. The number of carbonyl (C=O) groups is 2. The Labute approximate surface area is 172 Å². The van der Waals surface area contributed by atoms with Crippen molar-refractivity contribution in [3.8, 4) is 11.5 Å². The zero-order valence-corrected chi connectivity index (χ0v) is 16.7. The van der Waals surface area contributed by atoms with Gasteiger partial charge in [-0.15, -0.1) is 0 Å². The Hall–Kier alpha value is -3.81. The maximum atomic E-state index is 12.4. The Balaban J connectivity index is 1.68. The van der Waals surface area contributed by atoms with Crippen molar-refractivity contribution in [3.63, 3.8) is 0 Å². The summed E-state index contributed by atoms with van der Waals surface area (Å²) in [6.07, 6.45) is 1.90. The summed E-state index contributed by atoms with van der Waals surface area (Å²) in [5, 5.41) is 0.594. The van der Waals surface area contributed by atoms with Crippen LogP contribution in [0.15, 0.2) is 57.7 Å². The molecule has 8 nitrogen and oxygen atoms in total. The average molecular weight is 410 g/mol. The Morgan fingerprint density at radius 3 is 2.53 bits per heavy atom. The molecule has 156 valence electrons. The summed E-state index contributed by atoms with van der Waals surface area (Å²) < 4.78 is 16.0. The van der Waals surface area contributed by atoms with Gasteiger partial charge >= 0.3 is 5.63 Å². The number of amides is 2. The second-order valence-electron chi connectivity index (χ2n) is 6.46. The predicted molar refractivity (Wildman–Crippen MR) is 111 cm³/mol. The molecule has 0 atom stereocenters. The molecule has 0 aliphatic rings. The lowest BCUT2D eigenvalue weighted by molar-refractivity contribution is 0.0844. The number of para-hydroxylation sites is 1. The van der Waals surface area contributed by atoms with Gasteiger partial charge in [0.15, 0.2) is 11.5 Å². The molecule has 2 amide bonds. The fourth-order valence-corrected chi connectivity index (χ4v) is 2.73. The van der Waals surface area contributed by atoms with Gasteiger partial charge in [-0.1, -0.05) is 31.5 Å². The summed E-state index contributed by atoms with van der Waals surface area (Å²) in [4.78, 5) is 36.8. The summed E-state index contributed by atoms with van der Waals surface area (Å²) in [6.45, 7) is 2.60. The van der Waals surface area contributed by atoms with Crippen molar-refractivity contribution in [1.29, 1.82) is 0 Å². The Kier molecular flexibility index (Phi) is 6.69. The minimum atomic E-state index is -0.796. The van der Waals surface area contributed by atoms with E-state index in [-0.39, 0.29) is 11.1 Å². The van der Waals surface area contributed by atoms with E-state index in [0.717, 1.165) is 12.8 Å². The van der Waals surface area contributed by atoms with Crippen LogP contribution < -0.4 is 26.0 Å². The normalized spacial score (nSPS) is 10.5. The molecule has 30 heavy (non-hydrogen) atoms. The monoisotopic (exact) mass is 410 g/mol. The summed E-state index contributed by atoms with van der Waals surface area (Å²) in [7, 11) is 1.48. The van der Waals surface area contributed by atoms with Crippen molar-refractivity contribution < 1.29 is 23.5 Å². The summed E-state index contributed by atoms with van der Waals surface area (Å²) >= 11 is 0. The highest BCUT2D eigenvalue weighted by Gasteiger charge is 2.16. The summed E-state index contributed by atoms with van der Waals surface area (Å²) in [5.74, 6) is -0.429. The number of methoxy groups -OCH3 is 1. The number of hydrogen-bond donors (Lipinski definition) is 2. The van der Waals surface area contributed by atoms with Gasteiger partial charge in [0.1, 0.15) is 11.1 Å². The lowest BCUT2D eigenvalue weighted by Gasteiger charge is -2.12. The molecule has 0 radical (unpaired) electrons. The van der Waals surface area contributed by atoms with Crippen molar-refractivity contribution in [3.05, 3.63) is 70.1 Å². The molecule has 3 rings (SSSR count). The van der Waals surface area contributed by atoms with Crippen molar-refractivity contribution >= 4 is 22.8 Å². The number of benzene rings is 2. The van der Waals surface area contributed by atoms with E-state index in [1.807, 2.05) is 0 Å². The largest absolute Gasteiger partial charge is 0.493 e. The van der Waals surface area contributed by atoms with Gasteiger partial charge < -0.3 is 13.9 Å². The maximum absolute atomic E-state index is 12.4. The van der Waals surface area contributed by atoms with Gasteiger partial charge in [0, 0.05) is 10.9 Å². The first kappa shape index (κ1) is 20.9. The molecule has 0 aliphatic heterocycles. The molecule has 0 saturated heterocycles. The van der Waals surface area contributed by atoms with Crippen LogP contribution in [0.25, 0.3) is 11.0 Å². The minimum absolute atomic E-state index is 0.216. The lowest BCUT2D eigenvalue weighted by atomic mass is 10.2. The highest BCUT2D eigenvalue weighted by Crippen LogP contribution is 2.28. The second-order valence-corrected chi connectivity index (χ2v) is 6.46. The first-order chi connectivity index (χ1) is 14.5. The molecule has 2 aromatic carbocycles. The van der Waals surface area contributed by atoms with Gasteiger partial charge in [0.25, 0.3) is 11.8 Å². The van der Waals surface area contributed by atoms with Crippen LogP contribution in [-0.2, 0) is 0 Å². The molecule has 1 aromatic heterocycles.